The number of rotatable bonds is 3. The van der Waals surface area contributed by atoms with E-state index in [1.807, 2.05) is 32.3 Å². The van der Waals surface area contributed by atoms with Crippen molar-refractivity contribution in [2.75, 3.05) is 6.26 Å². The van der Waals surface area contributed by atoms with Crippen LogP contribution < -0.4 is 16.3 Å². The molecule has 104 valence electrons. The Morgan fingerprint density at radius 1 is 1.53 bits per heavy atom. The first-order valence-corrected chi connectivity index (χ1v) is 7.47. The van der Waals surface area contributed by atoms with Gasteiger partial charge in [-0.05, 0) is 12.7 Å². The summed E-state index contributed by atoms with van der Waals surface area (Å²) in [5.41, 5.74) is 5.62. The minimum atomic E-state index is 0.387. The standard InChI is InChI=1S/C12H16N4S.C2H6/c1-4-6-9-8-14-12(16-11(13)17-3)15-10(9)7-5-2;1-2/h4,6-8H,1,5H2,2-3H3,(H2,13,15,16);1-2H3/b9-6-,10-7+;. The van der Waals surface area contributed by atoms with Crippen LogP contribution in [0.1, 0.15) is 27.2 Å². The molecule has 0 saturated heterocycles. The van der Waals surface area contributed by atoms with E-state index in [4.69, 9.17) is 5.73 Å². The second-order valence-electron chi connectivity index (χ2n) is 3.18. The highest BCUT2D eigenvalue weighted by atomic mass is 32.2. The lowest BCUT2D eigenvalue weighted by Gasteiger charge is -1.96. The molecule has 0 aliphatic heterocycles. The quantitative estimate of drug-likeness (QED) is 0.678. The molecule has 4 nitrogen and oxygen atoms in total. The highest BCUT2D eigenvalue weighted by Gasteiger charge is 1.95. The molecule has 0 radical (unpaired) electrons. The van der Waals surface area contributed by atoms with E-state index in [1.165, 1.54) is 11.8 Å². The number of aromatic nitrogens is 2. The lowest BCUT2D eigenvalue weighted by atomic mass is 10.3. The van der Waals surface area contributed by atoms with E-state index in [9.17, 15) is 0 Å². The number of hydrogen-bond acceptors (Lipinski definition) is 4. The molecule has 0 spiro atoms. The highest BCUT2D eigenvalue weighted by Crippen LogP contribution is 2.01. The summed E-state index contributed by atoms with van der Waals surface area (Å²) < 4.78 is 0. The molecule has 0 fully saturated rings. The number of aliphatic imine (C=N–C) groups is 1. The van der Waals surface area contributed by atoms with Gasteiger partial charge in [0.2, 0.25) is 0 Å². The van der Waals surface area contributed by atoms with Crippen molar-refractivity contribution in [2.45, 2.75) is 27.2 Å². The van der Waals surface area contributed by atoms with Crippen molar-refractivity contribution in [2.24, 2.45) is 10.7 Å². The van der Waals surface area contributed by atoms with E-state index < -0.39 is 0 Å². The van der Waals surface area contributed by atoms with Crippen LogP contribution in [-0.4, -0.2) is 21.4 Å². The minimum absolute atomic E-state index is 0.387. The van der Waals surface area contributed by atoms with E-state index in [-0.39, 0.29) is 0 Å². The third-order valence-corrected chi connectivity index (χ3v) is 2.46. The van der Waals surface area contributed by atoms with Crippen molar-refractivity contribution < 1.29 is 0 Å². The van der Waals surface area contributed by atoms with E-state index >= 15 is 0 Å². The summed E-state index contributed by atoms with van der Waals surface area (Å²) >= 11 is 1.37. The van der Waals surface area contributed by atoms with Crippen molar-refractivity contribution >= 4 is 35.0 Å². The van der Waals surface area contributed by atoms with Gasteiger partial charge in [-0.3, -0.25) is 0 Å². The number of amidine groups is 1. The summed E-state index contributed by atoms with van der Waals surface area (Å²) in [6, 6.07) is 0. The maximum atomic E-state index is 5.62. The van der Waals surface area contributed by atoms with Gasteiger partial charge in [-0.25, -0.2) is 9.97 Å². The van der Waals surface area contributed by atoms with Crippen molar-refractivity contribution in [3.63, 3.8) is 0 Å². The number of hydrogen-bond donors (Lipinski definition) is 1. The highest BCUT2D eigenvalue weighted by molar-refractivity contribution is 8.13. The lowest BCUT2D eigenvalue weighted by Crippen LogP contribution is -2.28. The van der Waals surface area contributed by atoms with Gasteiger partial charge in [0.15, 0.2) is 5.17 Å². The minimum Gasteiger partial charge on any atom is -0.378 e. The number of allylic oxidation sites excluding steroid dienone is 1. The molecule has 19 heavy (non-hydrogen) atoms. The summed E-state index contributed by atoms with van der Waals surface area (Å²) in [5.74, 6) is 0.387. The average molecular weight is 278 g/mol. The molecule has 1 aromatic rings. The summed E-state index contributed by atoms with van der Waals surface area (Å²) in [4.78, 5) is 12.6. The van der Waals surface area contributed by atoms with Crippen molar-refractivity contribution in [1.29, 1.82) is 0 Å². The van der Waals surface area contributed by atoms with Gasteiger partial charge >= 0.3 is 0 Å². The predicted octanol–water partition coefficient (Wildman–Crippen LogP) is 1.97. The molecule has 0 atom stereocenters. The zero-order valence-corrected chi connectivity index (χ0v) is 12.9. The molecule has 1 heterocycles. The molecule has 0 unspecified atom stereocenters. The normalized spacial score (nSPS) is 12.9. The maximum Gasteiger partial charge on any atom is 0.252 e. The molecule has 0 aromatic carbocycles. The van der Waals surface area contributed by atoms with Crippen LogP contribution >= 0.6 is 11.8 Å². The zero-order chi connectivity index (χ0) is 14.7. The third-order valence-electron chi connectivity index (χ3n) is 1.95. The van der Waals surface area contributed by atoms with Crippen LogP contribution in [-0.2, 0) is 0 Å². The molecule has 0 bridgehead atoms. The van der Waals surface area contributed by atoms with E-state index in [2.05, 4.69) is 28.5 Å². The van der Waals surface area contributed by atoms with Crippen LogP contribution in [0.2, 0.25) is 0 Å². The first-order chi connectivity index (χ1) is 9.21. The molecule has 0 aliphatic carbocycles. The van der Waals surface area contributed by atoms with Gasteiger partial charge in [0, 0.05) is 11.4 Å². The predicted molar refractivity (Wildman–Crippen MR) is 86.8 cm³/mol. The second kappa shape index (κ2) is 10.3. The monoisotopic (exact) mass is 278 g/mol. The molecule has 1 rings (SSSR count). The molecule has 0 aliphatic rings. The van der Waals surface area contributed by atoms with Gasteiger partial charge in [0.25, 0.3) is 5.95 Å². The van der Waals surface area contributed by atoms with Gasteiger partial charge in [-0.2, -0.15) is 4.99 Å². The van der Waals surface area contributed by atoms with E-state index in [1.54, 1.807) is 12.3 Å². The van der Waals surface area contributed by atoms with Gasteiger partial charge in [0.05, 0.1) is 5.35 Å². The Labute approximate surface area is 119 Å². The Hall–Kier alpha value is -1.62. The van der Waals surface area contributed by atoms with Crippen LogP contribution in [0.4, 0.5) is 5.95 Å². The van der Waals surface area contributed by atoms with Gasteiger partial charge in [0.1, 0.15) is 0 Å². The maximum absolute atomic E-state index is 5.62. The molecular weight excluding hydrogens is 256 g/mol. The molecule has 2 N–H and O–H groups in total. The smallest absolute Gasteiger partial charge is 0.252 e. The van der Waals surface area contributed by atoms with Gasteiger partial charge in [-0.15, -0.1) is 0 Å². The van der Waals surface area contributed by atoms with Crippen LogP contribution in [0.5, 0.6) is 0 Å². The fourth-order valence-electron chi connectivity index (χ4n) is 1.20. The fourth-order valence-corrected chi connectivity index (χ4v) is 1.38. The van der Waals surface area contributed by atoms with Crippen molar-refractivity contribution in [3.8, 4) is 0 Å². The summed E-state index contributed by atoms with van der Waals surface area (Å²) in [7, 11) is 0. The third kappa shape index (κ3) is 6.20. The Kier molecular flexibility index (Phi) is 9.44. The van der Waals surface area contributed by atoms with Gasteiger partial charge < -0.3 is 5.73 Å². The van der Waals surface area contributed by atoms with Crippen molar-refractivity contribution in [1.82, 2.24) is 9.97 Å². The zero-order valence-electron chi connectivity index (χ0n) is 12.1. The SMILES string of the molecule is C=C/C=c1/cnc(/N=C(/N)SC)n/c1=C/CC.CC. The van der Waals surface area contributed by atoms with Crippen LogP contribution in [0.3, 0.4) is 0 Å². The molecular formula is C14H22N4S. The summed E-state index contributed by atoms with van der Waals surface area (Å²) in [5, 5.41) is 2.24. The van der Waals surface area contributed by atoms with E-state index in [0.717, 1.165) is 17.0 Å². The molecule has 0 saturated carbocycles. The Morgan fingerprint density at radius 2 is 2.21 bits per heavy atom. The first kappa shape index (κ1) is 17.4. The summed E-state index contributed by atoms with van der Waals surface area (Å²) in [6.07, 6.45) is 10.1. The number of nitrogens with two attached hydrogens (primary N) is 1. The second-order valence-corrected chi connectivity index (χ2v) is 4.01. The lowest BCUT2D eigenvalue weighted by molar-refractivity contribution is 1.07. The molecule has 5 heteroatoms. The number of nitrogens with zero attached hydrogens (tertiary/aromatic N) is 3. The summed E-state index contributed by atoms with van der Waals surface area (Å²) in [6.45, 7) is 9.72. The van der Waals surface area contributed by atoms with E-state index in [0.29, 0.717) is 11.1 Å². The molecule has 0 amide bonds. The van der Waals surface area contributed by atoms with Crippen LogP contribution in [0, 0.1) is 0 Å². The number of thioether (sulfide) groups is 1. The average Bonchev–Trinajstić information content (AvgIpc) is 2.44. The molecule has 1 aromatic heterocycles. The topological polar surface area (TPSA) is 64.2 Å². The van der Waals surface area contributed by atoms with Crippen LogP contribution in [0.25, 0.3) is 12.2 Å². The first-order valence-electron chi connectivity index (χ1n) is 6.25. The Morgan fingerprint density at radius 3 is 2.74 bits per heavy atom. The largest absolute Gasteiger partial charge is 0.378 e. The van der Waals surface area contributed by atoms with Crippen molar-refractivity contribution in [3.05, 3.63) is 29.4 Å². The Bertz CT molecular complexity index is 535. The van der Waals surface area contributed by atoms with Gasteiger partial charge in [-0.1, -0.05) is 57.3 Å². The fraction of sp³-hybridized carbons (Fsp3) is 0.357. The van der Waals surface area contributed by atoms with Crippen LogP contribution in [0.15, 0.2) is 23.8 Å². The Balaban J connectivity index is 0.00000154.